The number of rotatable bonds is 3. The lowest BCUT2D eigenvalue weighted by molar-refractivity contribution is 0.0617. The number of benzene rings is 2. The molecule has 1 N–H and O–H groups in total. The van der Waals surface area contributed by atoms with E-state index in [9.17, 15) is 9.90 Å². The van der Waals surface area contributed by atoms with E-state index in [1.165, 1.54) is 0 Å². The molecule has 1 aliphatic rings. The van der Waals surface area contributed by atoms with E-state index in [4.69, 9.17) is 4.42 Å². The highest BCUT2D eigenvalue weighted by molar-refractivity contribution is 6.01. The summed E-state index contributed by atoms with van der Waals surface area (Å²) in [6.45, 7) is 3.63. The summed E-state index contributed by atoms with van der Waals surface area (Å²) in [5.74, 6) is 0.870. The maximum Gasteiger partial charge on any atom is 0.257 e. The monoisotopic (exact) mass is 336 g/mol. The molecule has 5 heteroatoms. The minimum Gasteiger partial charge on any atom is -0.507 e. The fraction of sp³-hybridized carbons (Fsp3) is 0.250. The number of nitrogens with zero attached hydrogens (tertiary/aromatic N) is 2. The van der Waals surface area contributed by atoms with E-state index in [-0.39, 0.29) is 11.7 Å². The Morgan fingerprint density at radius 2 is 1.72 bits per heavy atom. The van der Waals surface area contributed by atoms with Crippen molar-refractivity contribution in [1.82, 2.24) is 9.80 Å². The Balaban J connectivity index is 1.46. The average molecular weight is 336 g/mol. The molecule has 0 saturated carbocycles. The van der Waals surface area contributed by atoms with Crippen LogP contribution in [0.25, 0.3) is 10.8 Å². The lowest BCUT2D eigenvalue weighted by Gasteiger charge is -2.34. The van der Waals surface area contributed by atoms with E-state index >= 15 is 0 Å². The molecule has 0 aliphatic carbocycles. The van der Waals surface area contributed by atoms with Gasteiger partial charge in [0.1, 0.15) is 11.5 Å². The molecule has 1 aliphatic heterocycles. The number of carbonyl (C=O) groups excluding carboxylic acids is 1. The molecular formula is C20H20N2O3. The quantitative estimate of drug-likeness (QED) is 0.798. The van der Waals surface area contributed by atoms with Crippen LogP contribution < -0.4 is 0 Å². The lowest BCUT2D eigenvalue weighted by Crippen LogP contribution is -2.48. The molecule has 2 aromatic carbocycles. The summed E-state index contributed by atoms with van der Waals surface area (Å²) in [6.07, 6.45) is 1.68. The van der Waals surface area contributed by atoms with Crippen molar-refractivity contribution < 1.29 is 14.3 Å². The van der Waals surface area contributed by atoms with Gasteiger partial charge in [0.15, 0.2) is 0 Å². The minimum atomic E-state index is -0.110. The number of furan rings is 1. The average Bonchev–Trinajstić information content (AvgIpc) is 3.14. The normalized spacial score (nSPS) is 15.6. The zero-order valence-corrected chi connectivity index (χ0v) is 13.9. The number of hydrogen-bond donors (Lipinski definition) is 1. The van der Waals surface area contributed by atoms with Crippen molar-refractivity contribution in [2.75, 3.05) is 26.2 Å². The number of piperazine rings is 1. The highest BCUT2D eigenvalue weighted by atomic mass is 16.3. The molecule has 1 fully saturated rings. The highest BCUT2D eigenvalue weighted by Crippen LogP contribution is 2.26. The molecule has 0 radical (unpaired) electrons. The van der Waals surface area contributed by atoms with Gasteiger partial charge in [-0.2, -0.15) is 0 Å². The third kappa shape index (κ3) is 3.23. The van der Waals surface area contributed by atoms with Gasteiger partial charge in [-0.15, -0.1) is 0 Å². The molecule has 1 aromatic heterocycles. The Morgan fingerprint density at radius 3 is 2.40 bits per heavy atom. The van der Waals surface area contributed by atoms with Gasteiger partial charge in [-0.1, -0.05) is 24.3 Å². The van der Waals surface area contributed by atoms with Crippen LogP contribution in [0.4, 0.5) is 0 Å². The second-order valence-electron chi connectivity index (χ2n) is 6.36. The molecular weight excluding hydrogens is 316 g/mol. The highest BCUT2D eigenvalue weighted by Gasteiger charge is 2.24. The van der Waals surface area contributed by atoms with Gasteiger partial charge in [0, 0.05) is 26.2 Å². The van der Waals surface area contributed by atoms with Crippen LogP contribution in [0, 0.1) is 0 Å². The Bertz CT molecular complexity index is 881. The second kappa shape index (κ2) is 6.61. The van der Waals surface area contributed by atoms with Gasteiger partial charge in [0.05, 0.1) is 18.4 Å². The Kier molecular flexibility index (Phi) is 4.15. The number of carbonyl (C=O) groups is 1. The second-order valence-corrected chi connectivity index (χ2v) is 6.36. The van der Waals surface area contributed by atoms with Crippen molar-refractivity contribution >= 4 is 16.7 Å². The number of amides is 1. The van der Waals surface area contributed by atoms with Crippen molar-refractivity contribution in [2.24, 2.45) is 0 Å². The SMILES string of the molecule is O=C(c1cc2ccccc2cc1O)N1CCN(Cc2ccco2)CC1. The van der Waals surface area contributed by atoms with Crippen molar-refractivity contribution in [1.29, 1.82) is 0 Å². The molecule has 0 unspecified atom stereocenters. The van der Waals surface area contributed by atoms with Gasteiger partial charge in [0.2, 0.25) is 0 Å². The van der Waals surface area contributed by atoms with Crippen LogP contribution in [-0.4, -0.2) is 47.0 Å². The van der Waals surface area contributed by atoms with Gasteiger partial charge in [-0.3, -0.25) is 9.69 Å². The van der Waals surface area contributed by atoms with E-state index in [0.29, 0.717) is 18.7 Å². The van der Waals surface area contributed by atoms with E-state index in [0.717, 1.165) is 36.2 Å². The van der Waals surface area contributed by atoms with Crippen molar-refractivity contribution in [2.45, 2.75) is 6.54 Å². The Morgan fingerprint density at radius 1 is 1.00 bits per heavy atom. The summed E-state index contributed by atoms with van der Waals surface area (Å²) in [5.41, 5.74) is 0.373. The van der Waals surface area contributed by atoms with Gasteiger partial charge >= 0.3 is 0 Å². The molecule has 0 bridgehead atoms. The zero-order chi connectivity index (χ0) is 17.2. The van der Waals surface area contributed by atoms with Crippen LogP contribution in [0.5, 0.6) is 5.75 Å². The van der Waals surface area contributed by atoms with E-state index in [1.807, 2.05) is 41.3 Å². The van der Waals surface area contributed by atoms with E-state index in [1.54, 1.807) is 18.4 Å². The van der Waals surface area contributed by atoms with Crippen LogP contribution >= 0.6 is 0 Å². The maximum absolute atomic E-state index is 12.8. The molecule has 3 aromatic rings. The topological polar surface area (TPSA) is 56.9 Å². The predicted octanol–water partition coefficient (Wildman–Crippen LogP) is 3.10. The fourth-order valence-electron chi connectivity index (χ4n) is 3.30. The molecule has 128 valence electrons. The number of phenols is 1. The third-order valence-corrected chi connectivity index (χ3v) is 4.71. The molecule has 0 atom stereocenters. The first-order valence-corrected chi connectivity index (χ1v) is 8.46. The van der Waals surface area contributed by atoms with Crippen LogP contribution in [0.2, 0.25) is 0 Å². The molecule has 2 heterocycles. The molecule has 5 nitrogen and oxygen atoms in total. The molecule has 0 spiro atoms. The van der Waals surface area contributed by atoms with Crippen LogP contribution in [0.1, 0.15) is 16.1 Å². The van der Waals surface area contributed by atoms with Crippen molar-refractivity contribution in [3.8, 4) is 5.75 Å². The Labute approximate surface area is 146 Å². The number of hydrogen-bond acceptors (Lipinski definition) is 4. The number of phenolic OH excluding ortho intramolecular Hbond substituents is 1. The van der Waals surface area contributed by atoms with Crippen molar-refractivity contribution in [3.63, 3.8) is 0 Å². The first-order valence-electron chi connectivity index (χ1n) is 8.46. The first kappa shape index (κ1) is 15.7. The minimum absolute atomic E-state index is 0.0433. The third-order valence-electron chi connectivity index (χ3n) is 4.71. The summed E-state index contributed by atoms with van der Waals surface area (Å²) in [6, 6.07) is 15.0. The maximum atomic E-state index is 12.8. The number of fused-ring (bicyclic) bond motifs is 1. The summed E-state index contributed by atoms with van der Waals surface area (Å²) in [5, 5.41) is 12.2. The first-order chi connectivity index (χ1) is 12.2. The van der Waals surface area contributed by atoms with Crippen molar-refractivity contribution in [3.05, 3.63) is 66.1 Å². The fourth-order valence-corrected chi connectivity index (χ4v) is 3.30. The lowest BCUT2D eigenvalue weighted by atomic mass is 10.0. The van der Waals surface area contributed by atoms with Crippen LogP contribution in [0.15, 0.2) is 59.2 Å². The molecule has 1 amide bonds. The molecule has 25 heavy (non-hydrogen) atoms. The Hall–Kier alpha value is -2.79. The summed E-state index contributed by atoms with van der Waals surface area (Å²) < 4.78 is 5.38. The van der Waals surface area contributed by atoms with Gasteiger partial charge in [-0.25, -0.2) is 0 Å². The van der Waals surface area contributed by atoms with Crippen LogP contribution in [0.3, 0.4) is 0 Å². The number of aromatic hydroxyl groups is 1. The van der Waals surface area contributed by atoms with Gasteiger partial charge in [-0.05, 0) is 35.0 Å². The molecule has 4 rings (SSSR count). The van der Waals surface area contributed by atoms with Gasteiger partial charge in [0.25, 0.3) is 5.91 Å². The van der Waals surface area contributed by atoms with Gasteiger partial charge < -0.3 is 14.4 Å². The smallest absolute Gasteiger partial charge is 0.257 e. The summed E-state index contributed by atoms with van der Waals surface area (Å²) >= 11 is 0. The summed E-state index contributed by atoms with van der Waals surface area (Å²) in [4.78, 5) is 16.9. The zero-order valence-electron chi connectivity index (χ0n) is 13.9. The van der Waals surface area contributed by atoms with Crippen LogP contribution in [-0.2, 0) is 6.54 Å². The standard InChI is InChI=1S/C20H20N2O3/c23-19-13-16-5-2-1-4-15(16)12-18(19)20(24)22-9-7-21(8-10-22)14-17-6-3-11-25-17/h1-6,11-13,23H,7-10,14H2. The van der Waals surface area contributed by atoms with E-state index in [2.05, 4.69) is 4.90 Å². The van der Waals surface area contributed by atoms with E-state index < -0.39 is 0 Å². The molecule has 1 saturated heterocycles. The summed E-state index contributed by atoms with van der Waals surface area (Å²) in [7, 11) is 0. The largest absolute Gasteiger partial charge is 0.507 e. The predicted molar refractivity (Wildman–Crippen MR) is 95.5 cm³/mol.